The lowest BCUT2D eigenvalue weighted by molar-refractivity contribution is -0.0789. The Bertz CT molecular complexity index is 223. The molecule has 18 heavy (non-hydrogen) atoms. The molecule has 3 N–H and O–H groups in total. The Morgan fingerprint density at radius 3 is 2.50 bits per heavy atom. The predicted octanol–water partition coefficient (Wildman–Crippen LogP) is 3.30. The Morgan fingerprint density at radius 1 is 1.33 bits per heavy atom. The van der Waals surface area contributed by atoms with Crippen molar-refractivity contribution < 1.29 is 4.74 Å². The number of nitrogens with one attached hydrogen (secondary N) is 1. The topological polar surface area (TPSA) is 47.3 Å². The molecule has 1 aliphatic carbocycles. The van der Waals surface area contributed by atoms with Crippen molar-refractivity contribution in [1.29, 1.82) is 0 Å². The van der Waals surface area contributed by atoms with Crippen LogP contribution >= 0.6 is 0 Å². The van der Waals surface area contributed by atoms with Crippen LogP contribution in [0.15, 0.2) is 12.7 Å². The number of hydrogen-bond donors (Lipinski definition) is 2. The average Bonchev–Trinajstić information content (AvgIpc) is 2.62. The minimum Gasteiger partial charge on any atom is -0.374 e. The van der Waals surface area contributed by atoms with E-state index in [1.807, 2.05) is 6.08 Å². The standard InChI is InChI=1S/C15H30N2O/c1-3-5-8-11-14(17-16)15(18-4-2)12-9-6-7-10-13-15/h3,14,17H,1,4-13,16H2,2H3. The van der Waals surface area contributed by atoms with Gasteiger partial charge in [0.05, 0.1) is 11.6 Å². The van der Waals surface area contributed by atoms with Crippen molar-refractivity contribution in [1.82, 2.24) is 5.43 Å². The first-order valence-corrected chi connectivity index (χ1v) is 7.50. The van der Waals surface area contributed by atoms with Crippen molar-refractivity contribution in [2.45, 2.75) is 76.4 Å². The minimum absolute atomic E-state index is 0.0405. The molecule has 1 aliphatic rings. The molecule has 0 aromatic rings. The van der Waals surface area contributed by atoms with Gasteiger partial charge in [-0.15, -0.1) is 6.58 Å². The summed E-state index contributed by atoms with van der Waals surface area (Å²) >= 11 is 0. The summed E-state index contributed by atoms with van der Waals surface area (Å²) in [7, 11) is 0. The van der Waals surface area contributed by atoms with Crippen molar-refractivity contribution >= 4 is 0 Å². The van der Waals surface area contributed by atoms with E-state index in [0.29, 0.717) is 0 Å². The quantitative estimate of drug-likeness (QED) is 0.230. The highest BCUT2D eigenvalue weighted by molar-refractivity contribution is 4.94. The molecule has 0 aromatic heterocycles. The Balaban J connectivity index is 2.67. The fraction of sp³-hybridized carbons (Fsp3) is 0.867. The fourth-order valence-electron chi connectivity index (χ4n) is 3.17. The summed E-state index contributed by atoms with van der Waals surface area (Å²) in [5.74, 6) is 5.80. The third kappa shape index (κ3) is 4.38. The normalized spacial score (nSPS) is 21.2. The van der Waals surface area contributed by atoms with Crippen LogP contribution in [0.5, 0.6) is 0 Å². The molecular weight excluding hydrogens is 224 g/mol. The first kappa shape index (κ1) is 15.7. The number of hydrogen-bond acceptors (Lipinski definition) is 3. The van der Waals surface area contributed by atoms with Gasteiger partial charge in [-0.2, -0.15) is 0 Å². The summed E-state index contributed by atoms with van der Waals surface area (Å²) in [5.41, 5.74) is 2.98. The second kappa shape index (κ2) is 8.68. The first-order valence-electron chi connectivity index (χ1n) is 7.50. The highest BCUT2D eigenvalue weighted by atomic mass is 16.5. The van der Waals surface area contributed by atoms with Gasteiger partial charge in [0.25, 0.3) is 0 Å². The van der Waals surface area contributed by atoms with Gasteiger partial charge in [0.15, 0.2) is 0 Å². The van der Waals surface area contributed by atoms with Crippen molar-refractivity contribution in [3.8, 4) is 0 Å². The minimum atomic E-state index is -0.0405. The number of unbranched alkanes of at least 4 members (excludes halogenated alkanes) is 1. The van der Waals surface area contributed by atoms with Gasteiger partial charge in [0.2, 0.25) is 0 Å². The van der Waals surface area contributed by atoms with Crippen LogP contribution in [0.25, 0.3) is 0 Å². The first-order chi connectivity index (χ1) is 8.79. The zero-order valence-corrected chi connectivity index (χ0v) is 11.9. The fourth-order valence-corrected chi connectivity index (χ4v) is 3.17. The van der Waals surface area contributed by atoms with Gasteiger partial charge >= 0.3 is 0 Å². The average molecular weight is 254 g/mol. The molecular formula is C15H30N2O. The maximum absolute atomic E-state index is 6.17. The van der Waals surface area contributed by atoms with Crippen LogP contribution in [-0.4, -0.2) is 18.2 Å². The van der Waals surface area contributed by atoms with E-state index < -0.39 is 0 Å². The van der Waals surface area contributed by atoms with E-state index in [9.17, 15) is 0 Å². The Morgan fingerprint density at radius 2 is 2.00 bits per heavy atom. The lowest BCUT2D eigenvalue weighted by Gasteiger charge is -2.40. The van der Waals surface area contributed by atoms with Gasteiger partial charge in [0.1, 0.15) is 0 Å². The molecule has 0 saturated heterocycles. The lowest BCUT2D eigenvalue weighted by atomic mass is 9.83. The predicted molar refractivity (Wildman–Crippen MR) is 77.2 cm³/mol. The largest absolute Gasteiger partial charge is 0.374 e. The molecule has 0 bridgehead atoms. The van der Waals surface area contributed by atoms with Crippen molar-refractivity contribution in [2.24, 2.45) is 5.84 Å². The Labute approximate surface area is 112 Å². The van der Waals surface area contributed by atoms with Crippen molar-refractivity contribution in [3.63, 3.8) is 0 Å². The zero-order valence-electron chi connectivity index (χ0n) is 11.9. The molecule has 1 unspecified atom stereocenters. The van der Waals surface area contributed by atoms with Crippen LogP contribution in [0.2, 0.25) is 0 Å². The number of allylic oxidation sites excluding steroid dienone is 1. The highest BCUT2D eigenvalue weighted by Gasteiger charge is 2.38. The maximum Gasteiger partial charge on any atom is 0.0848 e. The number of ether oxygens (including phenoxy) is 1. The molecule has 0 aliphatic heterocycles. The van der Waals surface area contributed by atoms with Gasteiger partial charge in [-0.1, -0.05) is 31.8 Å². The van der Waals surface area contributed by atoms with Gasteiger partial charge in [-0.3, -0.25) is 11.3 Å². The van der Waals surface area contributed by atoms with Crippen LogP contribution in [0.3, 0.4) is 0 Å². The molecule has 1 saturated carbocycles. The summed E-state index contributed by atoms with van der Waals surface area (Å²) in [4.78, 5) is 0. The molecule has 1 atom stereocenters. The van der Waals surface area contributed by atoms with Gasteiger partial charge in [-0.25, -0.2) is 0 Å². The van der Waals surface area contributed by atoms with E-state index in [1.165, 1.54) is 25.7 Å². The molecule has 0 radical (unpaired) electrons. The third-order valence-electron chi connectivity index (χ3n) is 4.12. The molecule has 106 valence electrons. The number of rotatable bonds is 8. The Hall–Kier alpha value is -0.380. The molecule has 1 rings (SSSR count). The molecule has 3 nitrogen and oxygen atoms in total. The van der Waals surface area contributed by atoms with Gasteiger partial charge < -0.3 is 4.74 Å². The van der Waals surface area contributed by atoms with Crippen LogP contribution < -0.4 is 11.3 Å². The van der Waals surface area contributed by atoms with E-state index in [-0.39, 0.29) is 11.6 Å². The van der Waals surface area contributed by atoms with Crippen molar-refractivity contribution in [3.05, 3.63) is 12.7 Å². The van der Waals surface area contributed by atoms with E-state index in [2.05, 4.69) is 18.9 Å². The van der Waals surface area contributed by atoms with Crippen LogP contribution in [0.4, 0.5) is 0 Å². The summed E-state index contributed by atoms with van der Waals surface area (Å²) in [6.07, 6.45) is 12.7. The second-order valence-corrected chi connectivity index (χ2v) is 5.35. The summed E-state index contributed by atoms with van der Waals surface area (Å²) in [5, 5.41) is 0. The third-order valence-corrected chi connectivity index (χ3v) is 4.12. The second-order valence-electron chi connectivity index (χ2n) is 5.35. The van der Waals surface area contributed by atoms with Crippen molar-refractivity contribution in [2.75, 3.05) is 6.61 Å². The van der Waals surface area contributed by atoms with E-state index in [4.69, 9.17) is 10.6 Å². The van der Waals surface area contributed by atoms with E-state index in [1.54, 1.807) is 0 Å². The molecule has 0 amide bonds. The lowest BCUT2D eigenvalue weighted by Crippen LogP contribution is -2.54. The van der Waals surface area contributed by atoms with E-state index in [0.717, 1.165) is 38.7 Å². The number of hydrazine groups is 1. The zero-order chi connectivity index (χ0) is 13.3. The van der Waals surface area contributed by atoms with Crippen LogP contribution in [0.1, 0.15) is 64.7 Å². The highest BCUT2D eigenvalue weighted by Crippen LogP contribution is 2.35. The summed E-state index contributed by atoms with van der Waals surface area (Å²) in [6, 6.07) is 0.274. The molecule has 3 heteroatoms. The smallest absolute Gasteiger partial charge is 0.0848 e. The number of nitrogens with two attached hydrogens (primary N) is 1. The summed E-state index contributed by atoms with van der Waals surface area (Å²) < 4.78 is 6.17. The van der Waals surface area contributed by atoms with E-state index >= 15 is 0 Å². The van der Waals surface area contributed by atoms with Crippen LogP contribution in [-0.2, 0) is 4.74 Å². The molecule has 0 aromatic carbocycles. The summed E-state index contributed by atoms with van der Waals surface area (Å²) in [6.45, 7) is 6.65. The Kier molecular flexibility index (Phi) is 7.56. The maximum atomic E-state index is 6.17. The SMILES string of the molecule is C=CCCCC(NN)C1(OCC)CCCCCC1. The van der Waals surface area contributed by atoms with Crippen LogP contribution in [0, 0.1) is 0 Å². The monoisotopic (exact) mass is 254 g/mol. The van der Waals surface area contributed by atoms with Gasteiger partial charge in [0, 0.05) is 6.61 Å². The van der Waals surface area contributed by atoms with Gasteiger partial charge in [-0.05, 0) is 39.0 Å². The molecule has 1 fully saturated rings. The molecule has 0 heterocycles. The molecule has 0 spiro atoms.